The van der Waals surface area contributed by atoms with Gasteiger partial charge in [0.1, 0.15) is 5.56 Å². The summed E-state index contributed by atoms with van der Waals surface area (Å²) in [6.07, 6.45) is 1.48. The highest BCUT2D eigenvalue weighted by molar-refractivity contribution is 5.99. The zero-order valence-electron chi connectivity index (χ0n) is 11.4. The van der Waals surface area contributed by atoms with Gasteiger partial charge in [0, 0.05) is 25.8 Å². The minimum Gasteiger partial charge on any atom is -0.396 e. The van der Waals surface area contributed by atoms with Gasteiger partial charge in [-0.2, -0.15) is 0 Å². The molecule has 0 aliphatic carbocycles. The molecule has 1 heterocycles. The fourth-order valence-electron chi connectivity index (χ4n) is 2.56. The van der Waals surface area contributed by atoms with Gasteiger partial charge >= 0.3 is 0 Å². The van der Waals surface area contributed by atoms with Gasteiger partial charge in [-0.05, 0) is 31.2 Å². The average Bonchev–Trinajstić information content (AvgIpc) is 2.46. The molecule has 0 spiro atoms. The highest BCUT2D eigenvalue weighted by Crippen LogP contribution is 2.26. The van der Waals surface area contributed by atoms with Crippen molar-refractivity contribution in [3.63, 3.8) is 0 Å². The van der Waals surface area contributed by atoms with Gasteiger partial charge in [0.15, 0.2) is 0 Å². The Bertz CT molecular complexity index is 522. The van der Waals surface area contributed by atoms with Gasteiger partial charge in [-0.25, -0.2) is 0 Å². The Labute approximate surface area is 117 Å². The zero-order valence-corrected chi connectivity index (χ0v) is 11.4. The lowest BCUT2D eigenvalue weighted by Gasteiger charge is -2.31. The molecule has 1 aromatic carbocycles. The van der Waals surface area contributed by atoms with Crippen molar-refractivity contribution in [3.8, 4) is 0 Å². The summed E-state index contributed by atoms with van der Waals surface area (Å²) in [6.45, 7) is 2.92. The Kier molecular flexibility index (Phi) is 4.34. The van der Waals surface area contributed by atoms with Crippen LogP contribution in [-0.4, -0.2) is 40.5 Å². The Morgan fingerprint density at radius 3 is 2.65 bits per heavy atom. The highest BCUT2D eigenvalue weighted by atomic mass is 16.6. The Morgan fingerprint density at radius 2 is 2.10 bits per heavy atom. The number of hydrogen-bond donors (Lipinski definition) is 1. The van der Waals surface area contributed by atoms with Gasteiger partial charge in [0.25, 0.3) is 11.6 Å². The van der Waals surface area contributed by atoms with Crippen LogP contribution < -0.4 is 0 Å². The molecular weight excluding hydrogens is 260 g/mol. The van der Waals surface area contributed by atoms with Crippen LogP contribution in [0.2, 0.25) is 0 Å². The Hall–Kier alpha value is -1.95. The number of rotatable bonds is 3. The largest absolute Gasteiger partial charge is 0.396 e. The van der Waals surface area contributed by atoms with Crippen LogP contribution in [0.4, 0.5) is 5.69 Å². The van der Waals surface area contributed by atoms with Gasteiger partial charge in [-0.1, -0.05) is 12.1 Å². The van der Waals surface area contributed by atoms with E-state index in [1.807, 2.05) is 0 Å². The van der Waals surface area contributed by atoms with Crippen LogP contribution in [-0.2, 0) is 0 Å². The van der Waals surface area contributed by atoms with Crippen molar-refractivity contribution in [1.29, 1.82) is 0 Å². The maximum absolute atomic E-state index is 12.5. The normalized spacial score (nSPS) is 16.2. The van der Waals surface area contributed by atoms with Gasteiger partial charge in [0.2, 0.25) is 0 Å². The molecule has 1 saturated heterocycles. The molecule has 0 radical (unpaired) electrons. The lowest BCUT2D eigenvalue weighted by molar-refractivity contribution is -0.385. The van der Waals surface area contributed by atoms with Gasteiger partial charge in [-0.3, -0.25) is 14.9 Å². The van der Waals surface area contributed by atoms with E-state index in [1.54, 1.807) is 24.0 Å². The standard InChI is InChI=1S/C14H18N2O4/c1-10-3-2-4-12(16(19)20)13(10)14(18)15-7-5-11(9-17)6-8-15/h2-4,11,17H,5-9H2,1H3. The zero-order chi connectivity index (χ0) is 14.7. The molecule has 6 nitrogen and oxygen atoms in total. The molecule has 108 valence electrons. The number of amides is 1. The van der Waals surface area contributed by atoms with E-state index in [-0.39, 0.29) is 29.7 Å². The number of nitro benzene ring substituents is 1. The van der Waals surface area contributed by atoms with Crippen molar-refractivity contribution in [3.05, 3.63) is 39.4 Å². The van der Waals surface area contributed by atoms with E-state index >= 15 is 0 Å². The molecule has 0 saturated carbocycles. The molecule has 1 aromatic rings. The van der Waals surface area contributed by atoms with Crippen LogP contribution >= 0.6 is 0 Å². The third-order valence-corrected chi connectivity index (χ3v) is 3.82. The van der Waals surface area contributed by atoms with Crippen LogP contribution in [0.15, 0.2) is 18.2 Å². The monoisotopic (exact) mass is 278 g/mol. The van der Waals surface area contributed by atoms with Crippen molar-refractivity contribution in [2.75, 3.05) is 19.7 Å². The van der Waals surface area contributed by atoms with Gasteiger partial charge in [0.05, 0.1) is 4.92 Å². The minimum absolute atomic E-state index is 0.131. The minimum atomic E-state index is -0.513. The lowest BCUT2D eigenvalue weighted by Crippen LogP contribution is -2.39. The SMILES string of the molecule is Cc1cccc([N+](=O)[O-])c1C(=O)N1CCC(CO)CC1. The smallest absolute Gasteiger partial charge is 0.282 e. The van der Waals surface area contributed by atoms with Crippen molar-refractivity contribution >= 4 is 11.6 Å². The number of carbonyl (C=O) groups excluding carboxylic acids is 1. The number of aryl methyl sites for hydroxylation is 1. The van der Waals surface area contributed by atoms with E-state index in [4.69, 9.17) is 5.11 Å². The molecule has 0 atom stereocenters. The number of likely N-dealkylation sites (tertiary alicyclic amines) is 1. The Morgan fingerprint density at radius 1 is 1.45 bits per heavy atom. The highest BCUT2D eigenvalue weighted by Gasteiger charge is 2.29. The predicted molar refractivity (Wildman–Crippen MR) is 73.5 cm³/mol. The molecule has 0 aromatic heterocycles. The van der Waals surface area contributed by atoms with Crippen molar-refractivity contribution < 1.29 is 14.8 Å². The Balaban J connectivity index is 2.24. The third-order valence-electron chi connectivity index (χ3n) is 3.82. The number of nitrogens with zero attached hydrogens (tertiary/aromatic N) is 2. The molecule has 1 N–H and O–H groups in total. The molecule has 2 rings (SSSR count). The van der Waals surface area contributed by atoms with Crippen LogP contribution in [0.25, 0.3) is 0 Å². The molecule has 1 amide bonds. The summed E-state index contributed by atoms with van der Waals surface area (Å²) in [5.74, 6) is -0.0582. The van der Waals surface area contributed by atoms with E-state index in [2.05, 4.69) is 0 Å². The summed E-state index contributed by atoms with van der Waals surface area (Å²) in [5, 5.41) is 20.2. The molecule has 1 aliphatic rings. The number of benzene rings is 1. The summed E-state index contributed by atoms with van der Waals surface area (Å²) >= 11 is 0. The topological polar surface area (TPSA) is 83.7 Å². The van der Waals surface area contributed by atoms with Crippen LogP contribution in [0.3, 0.4) is 0 Å². The van der Waals surface area contributed by atoms with Gasteiger partial charge < -0.3 is 10.0 Å². The van der Waals surface area contributed by atoms with Crippen molar-refractivity contribution in [1.82, 2.24) is 4.90 Å². The number of aliphatic hydroxyl groups excluding tert-OH is 1. The van der Waals surface area contributed by atoms with E-state index in [9.17, 15) is 14.9 Å². The van der Waals surface area contributed by atoms with Crippen LogP contribution in [0.1, 0.15) is 28.8 Å². The second kappa shape index (κ2) is 6.00. The first-order valence-corrected chi connectivity index (χ1v) is 6.68. The van der Waals surface area contributed by atoms with E-state index in [0.717, 1.165) is 12.8 Å². The number of piperidine rings is 1. The first-order valence-electron chi connectivity index (χ1n) is 6.68. The summed E-state index contributed by atoms with van der Waals surface area (Å²) < 4.78 is 0. The van der Waals surface area contributed by atoms with Crippen LogP contribution in [0, 0.1) is 23.0 Å². The van der Waals surface area contributed by atoms with E-state index in [1.165, 1.54) is 6.07 Å². The first kappa shape index (κ1) is 14.5. The number of hydrogen-bond acceptors (Lipinski definition) is 4. The molecule has 0 bridgehead atoms. The molecule has 1 aliphatic heterocycles. The summed E-state index contributed by atoms with van der Waals surface area (Å²) in [5.41, 5.74) is 0.660. The van der Waals surface area contributed by atoms with E-state index in [0.29, 0.717) is 18.7 Å². The quantitative estimate of drug-likeness (QED) is 0.674. The van der Waals surface area contributed by atoms with E-state index < -0.39 is 4.92 Å². The number of carbonyl (C=O) groups is 1. The van der Waals surface area contributed by atoms with Crippen molar-refractivity contribution in [2.24, 2.45) is 5.92 Å². The second-order valence-electron chi connectivity index (χ2n) is 5.14. The summed E-state index contributed by atoms with van der Waals surface area (Å²) in [6, 6.07) is 4.66. The van der Waals surface area contributed by atoms with Crippen molar-refractivity contribution in [2.45, 2.75) is 19.8 Å². The lowest BCUT2D eigenvalue weighted by atomic mass is 9.96. The molecule has 0 unspecified atom stereocenters. The summed E-state index contributed by atoms with van der Waals surface area (Å²) in [7, 11) is 0. The predicted octanol–water partition coefficient (Wildman–Crippen LogP) is 1.75. The molecule has 1 fully saturated rings. The maximum atomic E-state index is 12.5. The number of nitro groups is 1. The fraction of sp³-hybridized carbons (Fsp3) is 0.500. The first-order chi connectivity index (χ1) is 9.54. The summed E-state index contributed by atoms with van der Waals surface area (Å²) in [4.78, 5) is 24.7. The van der Waals surface area contributed by atoms with Crippen LogP contribution in [0.5, 0.6) is 0 Å². The average molecular weight is 278 g/mol. The van der Waals surface area contributed by atoms with Gasteiger partial charge in [-0.15, -0.1) is 0 Å². The second-order valence-corrected chi connectivity index (χ2v) is 5.14. The molecular formula is C14H18N2O4. The molecule has 20 heavy (non-hydrogen) atoms. The maximum Gasteiger partial charge on any atom is 0.282 e. The molecule has 6 heteroatoms. The third kappa shape index (κ3) is 2.80. The number of aliphatic hydroxyl groups is 1. The fourth-order valence-corrected chi connectivity index (χ4v) is 2.56.